The number of hydrogen-bond donors (Lipinski definition) is 1. The van der Waals surface area contributed by atoms with Crippen molar-refractivity contribution in [1.29, 1.82) is 0 Å². The van der Waals surface area contributed by atoms with Gasteiger partial charge in [0.25, 0.3) is 0 Å². The van der Waals surface area contributed by atoms with Gasteiger partial charge in [0.2, 0.25) is 0 Å². The third kappa shape index (κ3) is 2.44. The van der Waals surface area contributed by atoms with Crippen LogP contribution in [0.15, 0.2) is 42.7 Å². The van der Waals surface area contributed by atoms with Crippen molar-refractivity contribution in [2.75, 3.05) is 0 Å². The van der Waals surface area contributed by atoms with Gasteiger partial charge in [0.05, 0.1) is 5.52 Å². The monoisotopic (exact) mass is 266 g/mol. The number of pyridine rings is 1. The average molecular weight is 266 g/mol. The van der Waals surface area contributed by atoms with E-state index in [2.05, 4.69) is 15.0 Å². The molecule has 0 fully saturated rings. The van der Waals surface area contributed by atoms with Crippen LogP contribution in [0.5, 0.6) is 11.8 Å². The van der Waals surface area contributed by atoms with Gasteiger partial charge in [0, 0.05) is 41.6 Å². The SMILES string of the molecule is Cc1nc(Oc2ccc3cccnc3c2)ncc1CN. The van der Waals surface area contributed by atoms with Crippen LogP contribution in [0.3, 0.4) is 0 Å². The Balaban J connectivity index is 1.90. The van der Waals surface area contributed by atoms with Crippen LogP contribution in [0.2, 0.25) is 0 Å². The van der Waals surface area contributed by atoms with Gasteiger partial charge in [-0.2, -0.15) is 4.98 Å². The lowest BCUT2D eigenvalue weighted by atomic mass is 10.2. The predicted molar refractivity (Wildman–Crippen MR) is 76.5 cm³/mol. The van der Waals surface area contributed by atoms with Crippen LogP contribution in [0, 0.1) is 6.92 Å². The first-order valence-electron chi connectivity index (χ1n) is 6.31. The van der Waals surface area contributed by atoms with Crippen LogP contribution in [0.25, 0.3) is 10.9 Å². The number of aryl methyl sites for hydroxylation is 1. The third-order valence-corrected chi connectivity index (χ3v) is 3.07. The molecule has 0 aliphatic rings. The van der Waals surface area contributed by atoms with E-state index in [9.17, 15) is 0 Å². The maximum absolute atomic E-state index is 5.66. The second-order valence-corrected chi connectivity index (χ2v) is 4.43. The number of fused-ring (bicyclic) bond motifs is 1. The lowest BCUT2D eigenvalue weighted by molar-refractivity contribution is 0.440. The topological polar surface area (TPSA) is 73.9 Å². The molecule has 0 amide bonds. The summed E-state index contributed by atoms with van der Waals surface area (Å²) >= 11 is 0. The van der Waals surface area contributed by atoms with Crippen molar-refractivity contribution in [3.63, 3.8) is 0 Å². The van der Waals surface area contributed by atoms with Gasteiger partial charge in [-0.3, -0.25) is 4.98 Å². The Bertz CT molecular complexity index is 758. The van der Waals surface area contributed by atoms with E-state index in [0.29, 0.717) is 18.3 Å². The maximum atomic E-state index is 5.66. The lowest BCUT2D eigenvalue weighted by Crippen LogP contribution is -2.03. The molecule has 100 valence electrons. The molecule has 5 nitrogen and oxygen atoms in total. The molecular weight excluding hydrogens is 252 g/mol. The molecule has 2 aromatic heterocycles. The van der Waals surface area contributed by atoms with Gasteiger partial charge in [0.1, 0.15) is 5.75 Å². The molecule has 5 heteroatoms. The van der Waals surface area contributed by atoms with Crippen molar-refractivity contribution in [3.8, 4) is 11.8 Å². The highest BCUT2D eigenvalue weighted by atomic mass is 16.5. The van der Waals surface area contributed by atoms with E-state index in [4.69, 9.17) is 10.5 Å². The summed E-state index contributed by atoms with van der Waals surface area (Å²) in [7, 11) is 0. The quantitative estimate of drug-likeness (QED) is 0.788. The zero-order valence-corrected chi connectivity index (χ0v) is 11.1. The molecular formula is C15H14N4O. The van der Waals surface area contributed by atoms with Crippen LogP contribution in [0.1, 0.15) is 11.3 Å². The Kier molecular flexibility index (Phi) is 3.26. The zero-order valence-electron chi connectivity index (χ0n) is 11.1. The van der Waals surface area contributed by atoms with E-state index < -0.39 is 0 Å². The molecule has 3 aromatic rings. The van der Waals surface area contributed by atoms with Crippen molar-refractivity contribution in [2.24, 2.45) is 5.73 Å². The average Bonchev–Trinajstić information content (AvgIpc) is 2.47. The fraction of sp³-hybridized carbons (Fsp3) is 0.133. The van der Waals surface area contributed by atoms with E-state index >= 15 is 0 Å². The van der Waals surface area contributed by atoms with Gasteiger partial charge in [-0.25, -0.2) is 4.98 Å². The number of aromatic nitrogens is 3. The molecule has 2 heterocycles. The fourth-order valence-corrected chi connectivity index (χ4v) is 1.94. The van der Waals surface area contributed by atoms with E-state index in [1.165, 1.54) is 0 Å². The Hall–Kier alpha value is -2.53. The molecule has 0 saturated carbocycles. The molecule has 0 bridgehead atoms. The van der Waals surface area contributed by atoms with Gasteiger partial charge >= 0.3 is 6.01 Å². The summed E-state index contributed by atoms with van der Waals surface area (Å²) in [5.74, 6) is 0.663. The van der Waals surface area contributed by atoms with Gasteiger partial charge in [0.15, 0.2) is 0 Å². The van der Waals surface area contributed by atoms with Gasteiger partial charge in [-0.1, -0.05) is 6.07 Å². The molecule has 0 radical (unpaired) electrons. The summed E-state index contributed by atoms with van der Waals surface area (Å²) in [5.41, 5.74) is 8.21. The van der Waals surface area contributed by atoms with Crippen LogP contribution < -0.4 is 10.5 Å². The molecule has 0 unspecified atom stereocenters. The summed E-state index contributed by atoms with van der Waals surface area (Å²) in [6.45, 7) is 2.31. The van der Waals surface area contributed by atoms with Gasteiger partial charge < -0.3 is 10.5 Å². The molecule has 0 saturated heterocycles. The summed E-state index contributed by atoms with van der Waals surface area (Å²) in [4.78, 5) is 12.7. The minimum absolute atomic E-state index is 0.315. The van der Waals surface area contributed by atoms with Gasteiger partial charge in [-0.15, -0.1) is 0 Å². The Labute approximate surface area is 116 Å². The molecule has 2 N–H and O–H groups in total. The number of rotatable bonds is 3. The van der Waals surface area contributed by atoms with Crippen LogP contribution in [-0.2, 0) is 6.54 Å². The maximum Gasteiger partial charge on any atom is 0.322 e. The molecule has 1 aromatic carbocycles. The largest absolute Gasteiger partial charge is 0.424 e. The van der Waals surface area contributed by atoms with E-state index in [0.717, 1.165) is 22.2 Å². The number of nitrogens with two attached hydrogens (primary N) is 1. The molecule has 0 spiro atoms. The normalized spacial score (nSPS) is 10.7. The van der Waals surface area contributed by atoms with Crippen LogP contribution >= 0.6 is 0 Å². The van der Waals surface area contributed by atoms with Crippen LogP contribution in [0.4, 0.5) is 0 Å². The molecule has 20 heavy (non-hydrogen) atoms. The minimum atomic E-state index is 0.315. The Morgan fingerprint density at radius 2 is 2.10 bits per heavy atom. The highest BCUT2D eigenvalue weighted by Crippen LogP contribution is 2.22. The van der Waals surface area contributed by atoms with Crippen LogP contribution in [-0.4, -0.2) is 15.0 Å². The summed E-state index contributed by atoms with van der Waals surface area (Å²) in [5, 5.41) is 1.07. The summed E-state index contributed by atoms with van der Waals surface area (Å²) in [6.07, 6.45) is 3.44. The lowest BCUT2D eigenvalue weighted by Gasteiger charge is -2.07. The van der Waals surface area contributed by atoms with Crippen molar-refractivity contribution >= 4 is 10.9 Å². The number of ether oxygens (including phenoxy) is 1. The first-order chi connectivity index (χ1) is 9.76. The van der Waals surface area contributed by atoms with Crippen molar-refractivity contribution < 1.29 is 4.74 Å². The fourth-order valence-electron chi connectivity index (χ4n) is 1.94. The summed E-state index contributed by atoms with van der Waals surface area (Å²) in [6, 6.07) is 9.92. The highest BCUT2D eigenvalue weighted by molar-refractivity contribution is 5.79. The van der Waals surface area contributed by atoms with E-state index in [1.54, 1.807) is 12.4 Å². The molecule has 0 aliphatic carbocycles. The Morgan fingerprint density at radius 3 is 2.90 bits per heavy atom. The Morgan fingerprint density at radius 1 is 1.20 bits per heavy atom. The predicted octanol–water partition coefficient (Wildman–Crippen LogP) is 2.58. The van der Waals surface area contributed by atoms with E-state index in [-0.39, 0.29) is 0 Å². The zero-order chi connectivity index (χ0) is 13.9. The number of benzene rings is 1. The smallest absolute Gasteiger partial charge is 0.322 e. The first kappa shape index (κ1) is 12.5. The van der Waals surface area contributed by atoms with E-state index in [1.807, 2.05) is 37.3 Å². The van der Waals surface area contributed by atoms with Crippen molar-refractivity contribution in [1.82, 2.24) is 15.0 Å². The van der Waals surface area contributed by atoms with Crippen molar-refractivity contribution in [2.45, 2.75) is 13.5 Å². The second kappa shape index (κ2) is 5.22. The molecule has 3 rings (SSSR count). The van der Waals surface area contributed by atoms with Crippen molar-refractivity contribution in [3.05, 3.63) is 54.0 Å². The highest BCUT2D eigenvalue weighted by Gasteiger charge is 2.05. The number of hydrogen-bond acceptors (Lipinski definition) is 5. The first-order valence-corrected chi connectivity index (χ1v) is 6.31. The summed E-state index contributed by atoms with van der Waals surface area (Å²) < 4.78 is 5.66. The second-order valence-electron chi connectivity index (χ2n) is 4.43. The standard InChI is InChI=1S/C15H14N4O/c1-10-12(8-16)9-18-15(19-10)20-13-5-4-11-3-2-6-17-14(11)7-13/h2-7,9H,8,16H2,1H3. The third-order valence-electron chi connectivity index (χ3n) is 3.07. The molecule has 0 atom stereocenters. The minimum Gasteiger partial charge on any atom is -0.424 e. The molecule has 0 aliphatic heterocycles. The van der Waals surface area contributed by atoms with Gasteiger partial charge in [-0.05, 0) is 25.1 Å². The number of nitrogens with zero attached hydrogens (tertiary/aromatic N) is 3.